The number of aryl methyl sites for hydroxylation is 1. The lowest BCUT2D eigenvalue weighted by Crippen LogP contribution is -2.16. The van der Waals surface area contributed by atoms with Crippen LogP contribution in [0, 0.1) is 12.3 Å². The van der Waals surface area contributed by atoms with E-state index in [1.807, 2.05) is 0 Å². The van der Waals surface area contributed by atoms with Crippen LogP contribution < -0.4 is 5.73 Å². The largest absolute Gasteiger partial charge is 0.382 e. The Balaban J connectivity index is 2.53. The molecule has 0 saturated carbocycles. The average Bonchev–Trinajstić information content (AvgIpc) is 2.76. The van der Waals surface area contributed by atoms with E-state index in [0.717, 1.165) is 6.26 Å². The predicted octanol–water partition coefficient (Wildman–Crippen LogP) is -0.342. The van der Waals surface area contributed by atoms with Gasteiger partial charge in [-0.2, -0.15) is 5.10 Å². The van der Waals surface area contributed by atoms with Crippen LogP contribution in [0.3, 0.4) is 0 Å². The Bertz CT molecular complexity index is 749. The molecule has 2 aromatic heterocycles. The number of hydrogen-bond donors (Lipinski definition) is 2. The van der Waals surface area contributed by atoms with Gasteiger partial charge in [-0.25, -0.2) is 23.1 Å². The molecule has 0 saturated heterocycles. The fraction of sp³-hybridized carbons (Fsp3) is 0.200. The maximum absolute atomic E-state index is 11.4. The SMILES string of the molecule is Cc1cc(C(=N)N)nc(-n2cc(S(C)(=O)=O)cn2)n1. The Morgan fingerprint density at radius 3 is 2.63 bits per heavy atom. The van der Waals surface area contributed by atoms with Gasteiger partial charge in [0.1, 0.15) is 16.4 Å². The molecule has 2 heterocycles. The number of nitrogens with one attached hydrogen (secondary N) is 1. The van der Waals surface area contributed by atoms with Crippen LogP contribution >= 0.6 is 0 Å². The molecular formula is C10H12N6O2S. The van der Waals surface area contributed by atoms with Crippen LogP contribution in [0.5, 0.6) is 0 Å². The lowest BCUT2D eigenvalue weighted by Gasteiger charge is -2.04. The summed E-state index contributed by atoms with van der Waals surface area (Å²) in [5, 5.41) is 11.3. The maximum Gasteiger partial charge on any atom is 0.251 e. The summed E-state index contributed by atoms with van der Waals surface area (Å²) in [6, 6.07) is 1.56. The summed E-state index contributed by atoms with van der Waals surface area (Å²) in [5.41, 5.74) is 6.24. The van der Waals surface area contributed by atoms with Crippen molar-refractivity contribution in [2.45, 2.75) is 11.8 Å². The van der Waals surface area contributed by atoms with Crippen molar-refractivity contribution in [3.63, 3.8) is 0 Å². The number of nitrogens with two attached hydrogens (primary N) is 1. The lowest BCUT2D eigenvalue weighted by atomic mass is 10.3. The van der Waals surface area contributed by atoms with E-state index in [1.54, 1.807) is 13.0 Å². The minimum Gasteiger partial charge on any atom is -0.382 e. The summed E-state index contributed by atoms with van der Waals surface area (Å²) in [4.78, 5) is 8.24. The third-order valence-corrected chi connectivity index (χ3v) is 3.38. The topological polar surface area (TPSA) is 128 Å². The Morgan fingerprint density at radius 1 is 1.42 bits per heavy atom. The van der Waals surface area contributed by atoms with Gasteiger partial charge in [0.2, 0.25) is 0 Å². The molecule has 0 aromatic carbocycles. The molecule has 0 aliphatic heterocycles. The third-order valence-electron chi connectivity index (χ3n) is 2.31. The number of nitrogen functional groups attached to an aromatic ring is 1. The van der Waals surface area contributed by atoms with Crippen molar-refractivity contribution in [1.29, 1.82) is 5.41 Å². The smallest absolute Gasteiger partial charge is 0.251 e. The average molecular weight is 280 g/mol. The molecule has 0 aliphatic rings. The number of hydrogen-bond acceptors (Lipinski definition) is 6. The van der Waals surface area contributed by atoms with Crippen LogP contribution in [-0.4, -0.2) is 40.3 Å². The van der Waals surface area contributed by atoms with E-state index < -0.39 is 9.84 Å². The van der Waals surface area contributed by atoms with Crippen LogP contribution in [0.1, 0.15) is 11.4 Å². The van der Waals surface area contributed by atoms with Crippen LogP contribution in [0.2, 0.25) is 0 Å². The number of nitrogens with zero attached hydrogens (tertiary/aromatic N) is 4. The number of aromatic nitrogens is 4. The van der Waals surface area contributed by atoms with Crippen LogP contribution in [0.25, 0.3) is 5.95 Å². The molecule has 0 bridgehead atoms. The van der Waals surface area contributed by atoms with Crippen molar-refractivity contribution in [3.8, 4) is 5.95 Å². The van der Waals surface area contributed by atoms with E-state index in [9.17, 15) is 8.42 Å². The molecule has 0 fully saturated rings. The zero-order chi connectivity index (χ0) is 14.2. The first-order valence-electron chi connectivity index (χ1n) is 5.22. The van der Waals surface area contributed by atoms with Crippen molar-refractivity contribution in [3.05, 3.63) is 29.8 Å². The Hall–Kier alpha value is -2.29. The summed E-state index contributed by atoms with van der Waals surface area (Å²) in [5.74, 6) is -0.0256. The Labute approximate surface area is 109 Å². The van der Waals surface area contributed by atoms with Gasteiger partial charge in [-0.1, -0.05) is 0 Å². The van der Waals surface area contributed by atoms with Crippen molar-refractivity contribution in [1.82, 2.24) is 19.7 Å². The molecule has 19 heavy (non-hydrogen) atoms. The zero-order valence-corrected chi connectivity index (χ0v) is 11.1. The van der Waals surface area contributed by atoms with Gasteiger partial charge in [0.15, 0.2) is 9.84 Å². The standard InChI is InChI=1S/C10H12N6O2S/c1-6-3-8(9(11)12)15-10(14-6)16-5-7(4-13-16)19(2,17)18/h3-5H,1-2H3,(H3,11,12). The second-order valence-electron chi connectivity index (χ2n) is 4.00. The van der Waals surface area contributed by atoms with Crippen LogP contribution in [0.4, 0.5) is 0 Å². The molecule has 0 atom stereocenters. The quantitative estimate of drug-likeness (QED) is 0.584. The second kappa shape index (κ2) is 4.43. The maximum atomic E-state index is 11.4. The summed E-state index contributed by atoms with van der Waals surface area (Å²) in [7, 11) is -3.33. The molecule has 9 heteroatoms. The van der Waals surface area contributed by atoms with Gasteiger partial charge in [-0.15, -0.1) is 0 Å². The molecule has 0 radical (unpaired) electrons. The molecular weight excluding hydrogens is 268 g/mol. The normalized spacial score (nSPS) is 11.5. The number of sulfone groups is 1. The fourth-order valence-corrected chi connectivity index (χ4v) is 1.93. The molecule has 0 spiro atoms. The summed E-state index contributed by atoms with van der Waals surface area (Å²) >= 11 is 0. The van der Waals surface area contributed by atoms with Gasteiger partial charge in [0.25, 0.3) is 5.95 Å². The van der Waals surface area contributed by atoms with Crippen LogP contribution in [-0.2, 0) is 9.84 Å². The predicted molar refractivity (Wildman–Crippen MR) is 68.0 cm³/mol. The van der Waals surface area contributed by atoms with E-state index >= 15 is 0 Å². The number of rotatable bonds is 3. The molecule has 0 aliphatic carbocycles. The highest BCUT2D eigenvalue weighted by Gasteiger charge is 2.13. The Morgan fingerprint density at radius 2 is 2.11 bits per heavy atom. The first-order valence-corrected chi connectivity index (χ1v) is 7.11. The molecule has 3 N–H and O–H groups in total. The summed E-state index contributed by atoms with van der Waals surface area (Å²) < 4.78 is 24.0. The fourth-order valence-electron chi connectivity index (χ4n) is 1.40. The minimum atomic E-state index is -3.33. The van der Waals surface area contributed by atoms with E-state index in [2.05, 4.69) is 15.1 Å². The second-order valence-corrected chi connectivity index (χ2v) is 6.02. The molecule has 8 nitrogen and oxygen atoms in total. The molecule has 100 valence electrons. The zero-order valence-electron chi connectivity index (χ0n) is 10.3. The van der Waals surface area contributed by atoms with Gasteiger partial charge >= 0.3 is 0 Å². The first-order chi connectivity index (χ1) is 8.77. The highest BCUT2D eigenvalue weighted by Crippen LogP contribution is 2.10. The van der Waals surface area contributed by atoms with Gasteiger partial charge < -0.3 is 5.73 Å². The molecule has 2 rings (SSSR count). The molecule has 2 aromatic rings. The van der Waals surface area contributed by atoms with Gasteiger partial charge in [0.05, 0.1) is 12.4 Å². The van der Waals surface area contributed by atoms with Gasteiger partial charge in [-0.3, -0.25) is 5.41 Å². The van der Waals surface area contributed by atoms with E-state index in [-0.39, 0.29) is 22.4 Å². The van der Waals surface area contributed by atoms with Crippen molar-refractivity contribution >= 4 is 15.7 Å². The first kappa shape index (κ1) is 13.1. The molecule has 0 amide bonds. The monoisotopic (exact) mass is 280 g/mol. The van der Waals surface area contributed by atoms with Gasteiger partial charge in [-0.05, 0) is 13.0 Å². The van der Waals surface area contributed by atoms with Crippen molar-refractivity contribution in [2.75, 3.05) is 6.26 Å². The van der Waals surface area contributed by atoms with E-state index in [1.165, 1.54) is 17.1 Å². The van der Waals surface area contributed by atoms with Crippen LogP contribution in [0.15, 0.2) is 23.4 Å². The van der Waals surface area contributed by atoms with Crippen molar-refractivity contribution in [2.24, 2.45) is 5.73 Å². The van der Waals surface area contributed by atoms with E-state index in [4.69, 9.17) is 11.1 Å². The highest BCUT2D eigenvalue weighted by molar-refractivity contribution is 7.90. The Kier molecular flexibility index (Phi) is 3.06. The minimum absolute atomic E-state index is 0.0713. The van der Waals surface area contributed by atoms with E-state index in [0.29, 0.717) is 5.69 Å². The highest BCUT2D eigenvalue weighted by atomic mass is 32.2. The lowest BCUT2D eigenvalue weighted by molar-refractivity contribution is 0.602. The molecule has 0 unspecified atom stereocenters. The summed E-state index contributed by atoms with van der Waals surface area (Å²) in [6.07, 6.45) is 3.62. The van der Waals surface area contributed by atoms with Crippen molar-refractivity contribution < 1.29 is 8.42 Å². The van der Waals surface area contributed by atoms with Gasteiger partial charge in [0, 0.05) is 11.9 Å². The third kappa shape index (κ3) is 2.76. The summed E-state index contributed by atoms with van der Waals surface area (Å²) in [6.45, 7) is 1.72. The number of amidine groups is 1.